The lowest BCUT2D eigenvalue weighted by Crippen LogP contribution is -2.49. The van der Waals surface area contributed by atoms with Crippen LogP contribution in [0.2, 0.25) is 0 Å². The smallest absolute Gasteiger partial charge is 0.307 e. The summed E-state index contributed by atoms with van der Waals surface area (Å²) in [5, 5.41) is 13.7. The molecule has 0 saturated carbocycles. The van der Waals surface area contributed by atoms with E-state index in [0.717, 1.165) is 33.7 Å². The summed E-state index contributed by atoms with van der Waals surface area (Å²) in [5.74, 6) is 0.239. The lowest BCUT2D eigenvalue weighted by Gasteiger charge is -2.36. The summed E-state index contributed by atoms with van der Waals surface area (Å²) in [6.07, 6.45) is 0.00749. The van der Waals surface area contributed by atoms with Crippen LogP contribution in [0.1, 0.15) is 29.2 Å². The number of rotatable bonds is 8. The van der Waals surface area contributed by atoms with Crippen molar-refractivity contribution in [3.05, 3.63) is 68.8 Å². The van der Waals surface area contributed by atoms with E-state index in [9.17, 15) is 19.5 Å². The maximum absolute atomic E-state index is 13.2. The number of nitrogens with one attached hydrogen (secondary N) is 2. The fourth-order valence-corrected chi connectivity index (χ4v) is 5.67. The van der Waals surface area contributed by atoms with Gasteiger partial charge in [-0.2, -0.15) is 0 Å². The molecule has 0 spiro atoms. The maximum Gasteiger partial charge on any atom is 0.307 e. The molecule has 4 aromatic rings. The van der Waals surface area contributed by atoms with Gasteiger partial charge in [-0.25, -0.2) is 0 Å². The van der Waals surface area contributed by atoms with E-state index in [0.29, 0.717) is 55.6 Å². The van der Waals surface area contributed by atoms with Gasteiger partial charge in [0.05, 0.1) is 23.4 Å². The van der Waals surface area contributed by atoms with Crippen LogP contribution in [0, 0.1) is 0 Å². The molecule has 2 aromatic heterocycles. The third-order valence-corrected chi connectivity index (χ3v) is 7.76. The summed E-state index contributed by atoms with van der Waals surface area (Å²) in [5.41, 5.74) is 3.23. The van der Waals surface area contributed by atoms with Gasteiger partial charge in [0.15, 0.2) is 0 Å². The number of fused-ring (bicyclic) bond motifs is 1. The standard InChI is InChI=1S/C28H31N5O5S/c1-3-33-21-6-5-7-23(38-4-2)20(21)16-22(33)26(35)29-18-8-10-19(11-9-18)31-12-14-32(15-13-31)25(34)17-24-27(36)30-28(37)39-24/h5-11,16,36H,3-4,12-15,17H2,1-2H3,(H,29,35)(H,30,37). The molecule has 3 heterocycles. The van der Waals surface area contributed by atoms with Gasteiger partial charge >= 0.3 is 4.87 Å². The second-order valence-electron chi connectivity index (χ2n) is 9.23. The van der Waals surface area contributed by atoms with Crippen LogP contribution < -0.4 is 19.8 Å². The number of amides is 2. The number of aromatic hydroxyl groups is 1. The van der Waals surface area contributed by atoms with Crippen LogP contribution in [0.5, 0.6) is 11.6 Å². The molecule has 10 nitrogen and oxygen atoms in total. The number of anilines is 2. The first-order valence-corrected chi connectivity index (χ1v) is 13.8. The second kappa shape index (κ2) is 11.2. The number of hydrogen-bond acceptors (Lipinski definition) is 7. The maximum atomic E-state index is 13.2. The Morgan fingerprint density at radius 1 is 1.08 bits per heavy atom. The molecule has 11 heteroatoms. The van der Waals surface area contributed by atoms with E-state index in [-0.39, 0.29) is 29.0 Å². The number of hydrogen-bond donors (Lipinski definition) is 3. The highest BCUT2D eigenvalue weighted by molar-refractivity contribution is 7.09. The third kappa shape index (κ3) is 5.49. The molecule has 1 aliphatic rings. The predicted molar refractivity (Wildman–Crippen MR) is 152 cm³/mol. The molecule has 0 radical (unpaired) electrons. The molecule has 0 unspecified atom stereocenters. The van der Waals surface area contributed by atoms with E-state index >= 15 is 0 Å². The van der Waals surface area contributed by atoms with Crippen LogP contribution in [0.3, 0.4) is 0 Å². The normalized spacial score (nSPS) is 13.6. The van der Waals surface area contributed by atoms with Crippen molar-refractivity contribution in [1.29, 1.82) is 0 Å². The van der Waals surface area contributed by atoms with E-state index in [2.05, 4.69) is 15.2 Å². The van der Waals surface area contributed by atoms with Crippen molar-refractivity contribution in [2.45, 2.75) is 26.8 Å². The summed E-state index contributed by atoms with van der Waals surface area (Å²) in [7, 11) is 0. The van der Waals surface area contributed by atoms with Crippen LogP contribution in [0.15, 0.2) is 53.3 Å². The Morgan fingerprint density at radius 3 is 2.46 bits per heavy atom. The third-order valence-electron chi connectivity index (χ3n) is 6.89. The average molecular weight is 550 g/mol. The first-order valence-electron chi connectivity index (χ1n) is 13.0. The number of benzene rings is 2. The van der Waals surface area contributed by atoms with E-state index in [1.54, 1.807) is 4.90 Å². The number of H-pyrrole nitrogens is 1. The Labute approximate surface area is 229 Å². The van der Waals surface area contributed by atoms with Gasteiger partial charge in [-0.3, -0.25) is 19.4 Å². The molecule has 39 heavy (non-hydrogen) atoms. The number of carbonyl (C=O) groups excluding carboxylic acids is 2. The Morgan fingerprint density at radius 2 is 1.82 bits per heavy atom. The van der Waals surface area contributed by atoms with E-state index in [1.807, 2.05) is 66.9 Å². The molecule has 0 atom stereocenters. The van der Waals surface area contributed by atoms with Gasteiger partial charge in [0.25, 0.3) is 5.91 Å². The average Bonchev–Trinajstić information content (AvgIpc) is 3.48. The van der Waals surface area contributed by atoms with Crippen LogP contribution in [0.25, 0.3) is 10.9 Å². The lowest BCUT2D eigenvalue weighted by molar-refractivity contribution is -0.130. The molecule has 3 N–H and O–H groups in total. The number of aryl methyl sites for hydroxylation is 1. The van der Waals surface area contributed by atoms with E-state index in [4.69, 9.17) is 4.74 Å². The number of aromatic amines is 1. The molecular weight excluding hydrogens is 518 g/mol. The zero-order valence-corrected chi connectivity index (χ0v) is 22.7. The SMILES string of the molecule is CCOc1cccc2c1cc(C(=O)Nc1ccc(N3CCN(C(=O)Cc4sc(=O)[nH]c4O)CC3)cc1)n2CC. The minimum atomic E-state index is -0.372. The summed E-state index contributed by atoms with van der Waals surface area (Å²) in [4.78, 5) is 43.4. The van der Waals surface area contributed by atoms with Crippen LogP contribution in [-0.2, 0) is 17.8 Å². The largest absolute Gasteiger partial charge is 0.494 e. The summed E-state index contributed by atoms with van der Waals surface area (Å²) < 4.78 is 7.75. The van der Waals surface area contributed by atoms with Crippen LogP contribution in [-0.4, -0.2) is 64.2 Å². The Kier molecular flexibility index (Phi) is 7.60. The molecule has 2 amide bonds. The molecule has 2 aromatic carbocycles. The molecule has 204 valence electrons. The Hall–Kier alpha value is -4.25. The Balaban J connectivity index is 1.21. The van der Waals surface area contributed by atoms with E-state index in [1.165, 1.54) is 0 Å². The van der Waals surface area contributed by atoms with Gasteiger partial charge in [-0.05, 0) is 56.3 Å². The highest BCUT2D eigenvalue weighted by Gasteiger charge is 2.23. The molecule has 1 fully saturated rings. The van der Waals surface area contributed by atoms with Crippen molar-refractivity contribution >= 4 is 45.4 Å². The van der Waals surface area contributed by atoms with Gasteiger partial charge in [0.2, 0.25) is 11.8 Å². The van der Waals surface area contributed by atoms with Crippen LogP contribution in [0.4, 0.5) is 11.4 Å². The first-order chi connectivity index (χ1) is 18.9. The lowest BCUT2D eigenvalue weighted by atomic mass is 10.2. The molecule has 1 aliphatic heterocycles. The minimum Gasteiger partial charge on any atom is -0.494 e. The zero-order chi connectivity index (χ0) is 27.5. The minimum absolute atomic E-state index is 0.00749. The van der Waals surface area contributed by atoms with Crippen molar-refractivity contribution < 1.29 is 19.4 Å². The summed E-state index contributed by atoms with van der Waals surface area (Å²) in [6.45, 7) is 7.57. The van der Waals surface area contributed by atoms with Gasteiger partial charge in [0, 0.05) is 49.5 Å². The molecule has 5 rings (SSSR count). The van der Waals surface area contributed by atoms with Crippen molar-refractivity contribution in [2.24, 2.45) is 0 Å². The quantitative estimate of drug-likeness (QED) is 0.309. The molecule has 1 saturated heterocycles. The topological polar surface area (TPSA) is 120 Å². The van der Waals surface area contributed by atoms with Crippen molar-refractivity contribution in [2.75, 3.05) is 43.0 Å². The predicted octanol–water partition coefficient (Wildman–Crippen LogP) is 3.66. The number of thiazole rings is 1. The van der Waals surface area contributed by atoms with Crippen molar-refractivity contribution in [3.63, 3.8) is 0 Å². The fourth-order valence-electron chi connectivity index (χ4n) is 4.95. The number of piperazine rings is 1. The number of ether oxygens (including phenoxy) is 1. The molecule has 0 aliphatic carbocycles. The van der Waals surface area contributed by atoms with Crippen molar-refractivity contribution in [1.82, 2.24) is 14.5 Å². The van der Waals surface area contributed by atoms with Gasteiger partial charge in [0.1, 0.15) is 11.4 Å². The summed E-state index contributed by atoms with van der Waals surface area (Å²) in [6, 6.07) is 15.4. The van der Waals surface area contributed by atoms with E-state index < -0.39 is 0 Å². The summed E-state index contributed by atoms with van der Waals surface area (Å²) >= 11 is 0.857. The second-order valence-corrected chi connectivity index (χ2v) is 10.3. The fraction of sp³-hybridized carbons (Fsp3) is 0.321. The highest BCUT2D eigenvalue weighted by atomic mass is 32.1. The van der Waals surface area contributed by atoms with Gasteiger partial charge in [-0.15, -0.1) is 0 Å². The number of nitrogens with zero attached hydrogens (tertiary/aromatic N) is 3. The van der Waals surface area contributed by atoms with Crippen LogP contribution >= 0.6 is 11.3 Å². The molecule has 0 bridgehead atoms. The van der Waals surface area contributed by atoms with Gasteiger partial charge < -0.3 is 29.5 Å². The number of carbonyl (C=O) groups is 2. The first kappa shape index (κ1) is 26.4. The highest BCUT2D eigenvalue weighted by Crippen LogP contribution is 2.30. The monoisotopic (exact) mass is 549 g/mol. The number of aromatic nitrogens is 2. The van der Waals surface area contributed by atoms with Crippen molar-refractivity contribution in [3.8, 4) is 11.6 Å². The molecular formula is C28H31N5O5S. The van der Waals surface area contributed by atoms with Gasteiger partial charge in [-0.1, -0.05) is 17.4 Å². The Bertz CT molecular complexity index is 1550. The zero-order valence-electron chi connectivity index (χ0n) is 21.9.